The Morgan fingerprint density at radius 2 is 1.96 bits per heavy atom. The number of methoxy groups -OCH3 is 1. The van der Waals surface area contributed by atoms with E-state index in [0.29, 0.717) is 18.7 Å². The second kappa shape index (κ2) is 8.07. The standard InChI is InChI=1S/C18H24N6O3/c1-21(18(26)14-12-22(2)20-17(14)27-3)13-16(25)24-10-8-23(9-11-24)15-6-4-5-7-19-15/h4-7,12H,8-11,13H2,1-3H3. The molecule has 1 aliphatic heterocycles. The second-order valence-corrected chi connectivity index (χ2v) is 6.44. The fraction of sp³-hybridized carbons (Fsp3) is 0.444. The Morgan fingerprint density at radius 3 is 2.59 bits per heavy atom. The molecule has 9 heteroatoms. The monoisotopic (exact) mass is 372 g/mol. The average molecular weight is 372 g/mol. The number of carbonyl (C=O) groups is 2. The van der Waals surface area contributed by atoms with Gasteiger partial charge in [0.1, 0.15) is 11.4 Å². The van der Waals surface area contributed by atoms with Crippen LogP contribution in [0.2, 0.25) is 0 Å². The maximum absolute atomic E-state index is 12.6. The molecule has 0 atom stereocenters. The van der Waals surface area contributed by atoms with Gasteiger partial charge in [0.05, 0.1) is 13.7 Å². The van der Waals surface area contributed by atoms with Crippen LogP contribution in [0.5, 0.6) is 5.88 Å². The minimum atomic E-state index is -0.291. The molecule has 2 aromatic heterocycles. The van der Waals surface area contributed by atoms with Crippen molar-refractivity contribution in [2.45, 2.75) is 0 Å². The van der Waals surface area contributed by atoms with Crippen molar-refractivity contribution in [3.63, 3.8) is 0 Å². The summed E-state index contributed by atoms with van der Waals surface area (Å²) >= 11 is 0. The molecule has 0 spiro atoms. The van der Waals surface area contributed by atoms with Crippen LogP contribution in [0.25, 0.3) is 0 Å². The molecule has 1 fully saturated rings. The van der Waals surface area contributed by atoms with Crippen molar-refractivity contribution in [1.82, 2.24) is 24.6 Å². The lowest BCUT2D eigenvalue weighted by Crippen LogP contribution is -2.51. The molecular weight excluding hydrogens is 348 g/mol. The van der Waals surface area contributed by atoms with Gasteiger partial charge in [0.2, 0.25) is 11.8 Å². The zero-order valence-corrected chi connectivity index (χ0v) is 15.8. The number of piperazine rings is 1. The third-order valence-corrected chi connectivity index (χ3v) is 4.54. The van der Waals surface area contributed by atoms with Crippen LogP contribution in [-0.2, 0) is 11.8 Å². The molecule has 0 aliphatic carbocycles. The number of hydrogen-bond donors (Lipinski definition) is 0. The number of anilines is 1. The number of pyridine rings is 1. The number of aromatic nitrogens is 3. The van der Waals surface area contributed by atoms with Gasteiger partial charge in [-0.25, -0.2) is 4.98 Å². The number of rotatable bonds is 5. The highest BCUT2D eigenvalue weighted by atomic mass is 16.5. The van der Waals surface area contributed by atoms with E-state index in [1.54, 1.807) is 31.4 Å². The third kappa shape index (κ3) is 4.18. The van der Waals surface area contributed by atoms with E-state index in [9.17, 15) is 9.59 Å². The van der Waals surface area contributed by atoms with Crippen LogP contribution in [0.15, 0.2) is 30.6 Å². The number of hydrogen-bond acceptors (Lipinski definition) is 6. The molecule has 27 heavy (non-hydrogen) atoms. The summed E-state index contributed by atoms with van der Waals surface area (Å²) in [6, 6.07) is 5.80. The van der Waals surface area contributed by atoms with Gasteiger partial charge in [0.15, 0.2) is 0 Å². The summed E-state index contributed by atoms with van der Waals surface area (Å²) < 4.78 is 6.64. The Kier molecular flexibility index (Phi) is 5.58. The summed E-state index contributed by atoms with van der Waals surface area (Å²) in [5.74, 6) is 0.807. The van der Waals surface area contributed by atoms with Crippen molar-refractivity contribution in [2.75, 3.05) is 51.8 Å². The molecule has 2 aromatic rings. The third-order valence-electron chi connectivity index (χ3n) is 4.54. The van der Waals surface area contributed by atoms with Gasteiger partial charge >= 0.3 is 0 Å². The van der Waals surface area contributed by atoms with E-state index in [0.717, 1.165) is 18.9 Å². The number of amides is 2. The van der Waals surface area contributed by atoms with Crippen molar-refractivity contribution in [1.29, 1.82) is 0 Å². The van der Waals surface area contributed by atoms with Gasteiger partial charge in [0.25, 0.3) is 5.91 Å². The molecular formula is C18H24N6O3. The molecule has 9 nitrogen and oxygen atoms in total. The van der Waals surface area contributed by atoms with Crippen molar-refractivity contribution >= 4 is 17.6 Å². The minimum Gasteiger partial charge on any atom is -0.479 e. The summed E-state index contributed by atoms with van der Waals surface area (Å²) in [7, 11) is 4.79. The van der Waals surface area contributed by atoms with E-state index in [2.05, 4.69) is 15.0 Å². The number of likely N-dealkylation sites (N-methyl/N-ethyl adjacent to an activating group) is 1. The minimum absolute atomic E-state index is 0.0144. The summed E-state index contributed by atoms with van der Waals surface area (Å²) in [6.07, 6.45) is 3.36. The van der Waals surface area contributed by atoms with E-state index < -0.39 is 0 Å². The first-order valence-electron chi connectivity index (χ1n) is 8.76. The summed E-state index contributed by atoms with van der Waals surface area (Å²) in [4.78, 5) is 34.9. The predicted molar refractivity (Wildman–Crippen MR) is 99.8 cm³/mol. The average Bonchev–Trinajstić information content (AvgIpc) is 3.08. The van der Waals surface area contributed by atoms with E-state index in [-0.39, 0.29) is 24.2 Å². The van der Waals surface area contributed by atoms with Crippen LogP contribution in [0.1, 0.15) is 10.4 Å². The Hall–Kier alpha value is -3.10. The first-order chi connectivity index (χ1) is 13.0. The maximum Gasteiger partial charge on any atom is 0.261 e. The summed E-state index contributed by atoms with van der Waals surface area (Å²) in [5, 5.41) is 4.08. The van der Waals surface area contributed by atoms with Crippen LogP contribution in [-0.4, -0.2) is 83.3 Å². The van der Waals surface area contributed by atoms with Gasteiger partial charge in [-0.3, -0.25) is 14.3 Å². The van der Waals surface area contributed by atoms with E-state index in [4.69, 9.17) is 4.74 Å². The van der Waals surface area contributed by atoms with Crippen molar-refractivity contribution < 1.29 is 14.3 Å². The highest BCUT2D eigenvalue weighted by molar-refractivity contribution is 5.98. The fourth-order valence-electron chi connectivity index (χ4n) is 3.07. The maximum atomic E-state index is 12.6. The topological polar surface area (TPSA) is 83.8 Å². The SMILES string of the molecule is COc1nn(C)cc1C(=O)N(C)CC(=O)N1CCN(c2ccccn2)CC1. The molecule has 3 rings (SSSR count). The van der Waals surface area contributed by atoms with Crippen LogP contribution < -0.4 is 9.64 Å². The van der Waals surface area contributed by atoms with E-state index >= 15 is 0 Å². The first kappa shape index (κ1) is 18.7. The van der Waals surface area contributed by atoms with E-state index in [1.807, 2.05) is 18.2 Å². The Morgan fingerprint density at radius 1 is 1.22 bits per heavy atom. The van der Waals surface area contributed by atoms with Gasteiger partial charge < -0.3 is 19.4 Å². The largest absolute Gasteiger partial charge is 0.479 e. The summed E-state index contributed by atoms with van der Waals surface area (Å²) in [6.45, 7) is 2.66. The van der Waals surface area contributed by atoms with Crippen molar-refractivity contribution in [3.8, 4) is 5.88 Å². The number of nitrogens with zero attached hydrogens (tertiary/aromatic N) is 6. The fourth-order valence-corrected chi connectivity index (χ4v) is 3.07. The Balaban J connectivity index is 1.55. The highest BCUT2D eigenvalue weighted by Gasteiger charge is 2.26. The number of carbonyl (C=O) groups excluding carboxylic acids is 2. The molecule has 0 aromatic carbocycles. The predicted octanol–water partition coefficient (Wildman–Crippen LogP) is 0.245. The highest BCUT2D eigenvalue weighted by Crippen LogP contribution is 2.17. The quantitative estimate of drug-likeness (QED) is 0.748. The van der Waals surface area contributed by atoms with Gasteiger partial charge in [-0.05, 0) is 12.1 Å². The Labute approximate surface area is 158 Å². The lowest BCUT2D eigenvalue weighted by Gasteiger charge is -2.36. The zero-order chi connectivity index (χ0) is 19.4. The molecule has 0 bridgehead atoms. The smallest absolute Gasteiger partial charge is 0.261 e. The first-order valence-corrected chi connectivity index (χ1v) is 8.76. The van der Waals surface area contributed by atoms with Crippen LogP contribution in [0.3, 0.4) is 0 Å². The van der Waals surface area contributed by atoms with Crippen LogP contribution in [0, 0.1) is 0 Å². The van der Waals surface area contributed by atoms with Crippen molar-refractivity contribution in [3.05, 3.63) is 36.2 Å². The lowest BCUT2D eigenvalue weighted by molar-refractivity contribution is -0.131. The molecule has 1 aliphatic rings. The van der Waals surface area contributed by atoms with Crippen molar-refractivity contribution in [2.24, 2.45) is 7.05 Å². The molecule has 2 amide bonds. The molecule has 3 heterocycles. The lowest BCUT2D eigenvalue weighted by atomic mass is 10.2. The van der Waals surface area contributed by atoms with Gasteiger partial charge in [-0.15, -0.1) is 5.10 Å². The second-order valence-electron chi connectivity index (χ2n) is 6.44. The van der Waals surface area contributed by atoms with Gasteiger partial charge in [0, 0.05) is 52.7 Å². The number of ether oxygens (including phenoxy) is 1. The molecule has 0 N–H and O–H groups in total. The summed E-state index contributed by atoms with van der Waals surface area (Å²) in [5.41, 5.74) is 0.343. The molecule has 0 radical (unpaired) electrons. The zero-order valence-electron chi connectivity index (χ0n) is 15.8. The van der Waals surface area contributed by atoms with Crippen LogP contribution in [0.4, 0.5) is 5.82 Å². The molecule has 144 valence electrons. The van der Waals surface area contributed by atoms with Gasteiger partial charge in [-0.1, -0.05) is 6.07 Å². The normalized spacial score (nSPS) is 14.2. The molecule has 1 saturated heterocycles. The Bertz CT molecular complexity index is 799. The number of aryl methyl sites for hydroxylation is 1. The van der Waals surface area contributed by atoms with Crippen LogP contribution >= 0.6 is 0 Å². The van der Waals surface area contributed by atoms with Gasteiger partial charge in [-0.2, -0.15) is 0 Å². The van der Waals surface area contributed by atoms with E-state index in [1.165, 1.54) is 16.7 Å². The molecule has 0 saturated carbocycles. The molecule has 0 unspecified atom stereocenters.